The molecule has 0 saturated carbocycles. The Labute approximate surface area is 419 Å². The van der Waals surface area contributed by atoms with Gasteiger partial charge in [0.1, 0.15) is 13.2 Å². The summed E-state index contributed by atoms with van der Waals surface area (Å²) < 4.78 is 16.8. The first-order valence-corrected chi connectivity index (χ1v) is 28.2. The Morgan fingerprint density at radius 1 is 0.309 bits per heavy atom. The van der Waals surface area contributed by atoms with E-state index in [1.165, 1.54) is 116 Å². The third-order valence-corrected chi connectivity index (χ3v) is 11.8. The van der Waals surface area contributed by atoms with Gasteiger partial charge in [-0.05, 0) is 83.5 Å². The van der Waals surface area contributed by atoms with Gasteiger partial charge < -0.3 is 14.2 Å². The van der Waals surface area contributed by atoms with Gasteiger partial charge in [-0.3, -0.25) is 14.4 Å². The molecule has 0 aromatic rings. The average molecular weight is 946 g/mol. The summed E-state index contributed by atoms with van der Waals surface area (Å²) in [5, 5.41) is 0. The van der Waals surface area contributed by atoms with Crippen LogP contribution in [-0.2, 0) is 28.6 Å². The highest BCUT2D eigenvalue weighted by Crippen LogP contribution is 2.16. The fraction of sp³-hybridized carbons (Fsp3) is 0.694. The Morgan fingerprint density at radius 2 is 0.603 bits per heavy atom. The molecule has 0 aliphatic carbocycles. The monoisotopic (exact) mass is 945 g/mol. The summed E-state index contributed by atoms with van der Waals surface area (Å²) in [6, 6.07) is 0. The second kappa shape index (κ2) is 55.9. The average Bonchev–Trinajstić information content (AvgIpc) is 3.34. The Hall–Kier alpha value is -3.67. The molecule has 0 heterocycles. The van der Waals surface area contributed by atoms with Crippen molar-refractivity contribution in [2.45, 2.75) is 264 Å². The van der Waals surface area contributed by atoms with Crippen molar-refractivity contribution in [3.05, 3.63) is 97.2 Å². The van der Waals surface area contributed by atoms with Crippen LogP contribution in [0.15, 0.2) is 97.2 Å². The lowest BCUT2D eigenvalue weighted by molar-refractivity contribution is -0.166. The van der Waals surface area contributed by atoms with E-state index in [1.54, 1.807) is 0 Å². The molecule has 0 aromatic carbocycles. The third kappa shape index (κ3) is 53.3. The quantitative estimate of drug-likeness (QED) is 0.0262. The van der Waals surface area contributed by atoms with Crippen LogP contribution in [0.25, 0.3) is 0 Å². The summed E-state index contributed by atoms with van der Waals surface area (Å²) >= 11 is 0. The SMILES string of the molecule is CC/C=C\C/C=C\C/C=C\C/C=C\C/C=C\C/C=C\CCC(=O)OCC(COC(=O)CCCCCCCCC/C=C\C/C=C\CC)OC(=O)CCCCCCCCCCCCCCCCCCC. The molecule has 0 aliphatic heterocycles. The highest BCUT2D eigenvalue weighted by molar-refractivity contribution is 5.71. The topological polar surface area (TPSA) is 78.9 Å². The number of ether oxygens (including phenoxy) is 3. The van der Waals surface area contributed by atoms with Crippen molar-refractivity contribution in [3.8, 4) is 0 Å². The van der Waals surface area contributed by atoms with Gasteiger partial charge in [0, 0.05) is 19.3 Å². The first kappa shape index (κ1) is 64.3. The van der Waals surface area contributed by atoms with E-state index >= 15 is 0 Å². The smallest absolute Gasteiger partial charge is 0.306 e. The van der Waals surface area contributed by atoms with E-state index in [9.17, 15) is 14.4 Å². The molecule has 6 nitrogen and oxygen atoms in total. The first-order valence-electron chi connectivity index (χ1n) is 28.2. The van der Waals surface area contributed by atoms with E-state index in [0.717, 1.165) is 96.3 Å². The number of hydrogen-bond donors (Lipinski definition) is 0. The Bertz CT molecular complexity index is 1360. The lowest BCUT2D eigenvalue weighted by Crippen LogP contribution is -2.30. The van der Waals surface area contributed by atoms with Crippen LogP contribution >= 0.6 is 0 Å². The Balaban J connectivity index is 4.49. The number of esters is 3. The zero-order chi connectivity index (χ0) is 49.3. The number of rotatable bonds is 50. The van der Waals surface area contributed by atoms with Crippen molar-refractivity contribution in [2.24, 2.45) is 0 Å². The fourth-order valence-corrected chi connectivity index (χ4v) is 7.68. The standard InChI is InChI=1S/C62H104O6/c1-4-7-10-13-16-19-22-25-28-30-31-33-34-37-40-43-46-49-52-55-61(64)67-58-59(57-66-60(63)54-51-48-45-42-39-36-27-24-21-18-15-12-9-6-3)68-62(65)56-53-50-47-44-41-38-35-32-29-26-23-20-17-14-11-8-5-2/h7,9-10,12,16,18-19,21,25,28,31,33,37,40,46,49,59H,4-6,8,11,13-15,17,20,22-24,26-27,29-30,32,34-36,38-39,41-45,47-48,50-58H2,1-3H3/b10-7-,12-9-,19-16-,21-18-,28-25-,33-31-,40-37-,49-46-. The minimum atomic E-state index is -0.810. The summed E-state index contributed by atoms with van der Waals surface area (Å²) in [5.41, 5.74) is 0. The summed E-state index contributed by atoms with van der Waals surface area (Å²) in [4.78, 5) is 38.1. The Morgan fingerprint density at radius 3 is 0.985 bits per heavy atom. The van der Waals surface area contributed by atoms with Crippen LogP contribution in [0.2, 0.25) is 0 Å². The van der Waals surface area contributed by atoms with Gasteiger partial charge in [0.2, 0.25) is 0 Å². The molecule has 0 aliphatic rings. The molecule has 0 radical (unpaired) electrons. The lowest BCUT2D eigenvalue weighted by Gasteiger charge is -2.18. The highest BCUT2D eigenvalue weighted by Gasteiger charge is 2.19. The van der Waals surface area contributed by atoms with Gasteiger partial charge in [-0.2, -0.15) is 0 Å². The van der Waals surface area contributed by atoms with E-state index in [1.807, 2.05) is 6.08 Å². The van der Waals surface area contributed by atoms with Gasteiger partial charge in [-0.25, -0.2) is 0 Å². The van der Waals surface area contributed by atoms with Crippen LogP contribution < -0.4 is 0 Å². The minimum Gasteiger partial charge on any atom is -0.462 e. The van der Waals surface area contributed by atoms with Crippen LogP contribution in [0.3, 0.4) is 0 Å². The fourth-order valence-electron chi connectivity index (χ4n) is 7.68. The van der Waals surface area contributed by atoms with Crippen molar-refractivity contribution in [1.29, 1.82) is 0 Å². The van der Waals surface area contributed by atoms with E-state index < -0.39 is 6.10 Å². The number of hydrogen-bond acceptors (Lipinski definition) is 6. The zero-order valence-electron chi connectivity index (χ0n) is 44.3. The minimum absolute atomic E-state index is 0.104. The molecule has 0 spiro atoms. The second-order valence-corrected chi connectivity index (χ2v) is 18.4. The van der Waals surface area contributed by atoms with Gasteiger partial charge in [0.15, 0.2) is 6.10 Å². The van der Waals surface area contributed by atoms with Gasteiger partial charge in [0.05, 0.1) is 0 Å². The van der Waals surface area contributed by atoms with Crippen LogP contribution in [0.5, 0.6) is 0 Å². The van der Waals surface area contributed by atoms with Crippen molar-refractivity contribution in [1.82, 2.24) is 0 Å². The van der Waals surface area contributed by atoms with Gasteiger partial charge in [0.25, 0.3) is 0 Å². The molecular weight excluding hydrogens is 841 g/mol. The largest absolute Gasteiger partial charge is 0.462 e. The number of unbranched alkanes of at least 4 members (excludes halogenated alkanes) is 23. The first-order chi connectivity index (χ1) is 33.5. The lowest BCUT2D eigenvalue weighted by atomic mass is 10.0. The van der Waals surface area contributed by atoms with Crippen LogP contribution in [0, 0.1) is 0 Å². The van der Waals surface area contributed by atoms with E-state index in [-0.39, 0.29) is 37.5 Å². The number of carbonyl (C=O) groups is 3. The predicted molar refractivity (Wildman–Crippen MR) is 293 cm³/mol. The highest BCUT2D eigenvalue weighted by atomic mass is 16.6. The summed E-state index contributed by atoms with van der Waals surface area (Å²) in [7, 11) is 0. The van der Waals surface area contributed by atoms with E-state index in [2.05, 4.69) is 112 Å². The molecule has 0 N–H and O–H groups in total. The van der Waals surface area contributed by atoms with Crippen LogP contribution in [0.4, 0.5) is 0 Å². The maximum absolute atomic E-state index is 12.8. The van der Waals surface area contributed by atoms with Crippen molar-refractivity contribution in [2.75, 3.05) is 13.2 Å². The van der Waals surface area contributed by atoms with Crippen molar-refractivity contribution >= 4 is 17.9 Å². The normalized spacial score (nSPS) is 12.8. The van der Waals surface area contributed by atoms with E-state index in [4.69, 9.17) is 14.2 Å². The number of carbonyl (C=O) groups excluding carboxylic acids is 3. The summed E-state index contributed by atoms with van der Waals surface area (Å²) in [6.07, 6.45) is 74.1. The molecular formula is C62H104O6. The summed E-state index contributed by atoms with van der Waals surface area (Å²) in [6.45, 7) is 6.36. The van der Waals surface area contributed by atoms with Crippen LogP contribution in [-0.4, -0.2) is 37.2 Å². The second-order valence-electron chi connectivity index (χ2n) is 18.4. The van der Waals surface area contributed by atoms with Crippen LogP contribution in [0.1, 0.15) is 258 Å². The molecule has 388 valence electrons. The molecule has 0 bridgehead atoms. The molecule has 1 atom stereocenters. The molecule has 0 fully saturated rings. The molecule has 0 rings (SSSR count). The maximum Gasteiger partial charge on any atom is 0.306 e. The molecule has 68 heavy (non-hydrogen) atoms. The predicted octanol–water partition coefficient (Wildman–Crippen LogP) is 18.9. The Kier molecular flexibility index (Phi) is 52.9. The third-order valence-electron chi connectivity index (χ3n) is 11.8. The number of allylic oxidation sites excluding steroid dienone is 16. The van der Waals surface area contributed by atoms with Crippen molar-refractivity contribution in [3.63, 3.8) is 0 Å². The molecule has 0 saturated heterocycles. The van der Waals surface area contributed by atoms with Gasteiger partial charge in [-0.1, -0.05) is 253 Å². The molecule has 0 amide bonds. The maximum atomic E-state index is 12.8. The van der Waals surface area contributed by atoms with Crippen molar-refractivity contribution < 1.29 is 28.6 Å². The molecule has 1 unspecified atom stereocenters. The van der Waals surface area contributed by atoms with Gasteiger partial charge in [-0.15, -0.1) is 0 Å². The molecule has 6 heteroatoms. The van der Waals surface area contributed by atoms with E-state index in [0.29, 0.717) is 19.3 Å². The van der Waals surface area contributed by atoms with Gasteiger partial charge >= 0.3 is 17.9 Å². The molecule has 0 aromatic heterocycles. The summed E-state index contributed by atoms with van der Waals surface area (Å²) in [5.74, 6) is -0.994. The zero-order valence-corrected chi connectivity index (χ0v) is 44.3.